The van der Waals surface area contributed by atoms with Crippen LogP contribution in [0.25, 0.3) is 87.6 Å². The van der Waals surface area contributed by atoms with Gasteiger partial charge in [-0.2, -0.15) is 0 Å². The molecule has 1 aromatic heterocycles. The van der Waals surface area contributed by atoms with Crippen molar-refractivity contribution in [3.63, 3.8) is 0 Å². The van der Waals surface area contributed by atoms with E-state index in [0.29, 0.717) is 11.1 Å². The molecule has 8 aromatic carbocycles. The van der Waals surface area contributed by atoms with Crippen LogP contribution in [-0.4, -0.2) is 0 Å². The van der Waals surface area contributed by atoms with Crippen molar-refractivity contribution >= 4 is 54.3 Å². The maximum absolute atomic E-state index is 9.34. The van der Waals surface area contributed by atoms with Crippen LogP contribution in [0.4, 0.5) is 0 Å². The van der Waals surface area contributed by atoms with E-state index in [0.717, 1.165) is 38.3 Å². The first-order valence-electron chi connectivity index (χ1n) is 20.2. The van der Waals surface area contributed by atoms with Crippen LogP contribution in [0.5, 0.6) is 0 Å². The molecule has 0 saturated heterocycles. The molecule has 0 radical (unpaired) electrons. The van der Waals surface area contributed by atoms with Gasteiger partial charge in [-0.1, -0.05) is 127 Å². The fourth-order valence-corrected chi connectivity index (χ4v) is 6.13. The van der Waals surface area contributed by atoms with Crippen molar-refractivity contribution in [1.82, 2.24) is 0 Å². The van der Waals surface area contributed by atoms with Crippen molar-refractivity contribution in [2.45, 2.75) is 0 Å². The Bertz CT molecular complexity index is 3130. The highest BCUT2D eigenvalue weighted by molar-refractivity contribution is 6.22. The zero-order valence-electron chi connectivity index (χ0n) is 35.4. The minimum absolute atomic E-state index is 0.0759. The van der Waals surface area contributed by atoms with E-state index >= 15 is 0 Å². The van der Waals surface area contributed by atoms with Crippen LogP contribution < -0.4 is 0 Å². The highest BCUT2D eigenvalue weighted by Crippen LogP contribution is 2.45. The standard InChI is InChI=1S/C42H26O/c1-2-12-27(13-3-1)41-33-17-6-8-19-35(33)42(36-20-9-7-18-34(36)41)30-24-28-14-4-5-15-31(28)37(26-30)29-22-23-40-38(25-29)32-16-10-11-21-39(32)43-40/h1-26H/i1D,2D,3D,6D,7D,8D,9D,12D,13D,17D,18D,19D,20D. The molecule has 0 amide bonds. The molecule has 0 atom stereocenters. The van der Waals surface area contributed by atoms with E-state index in [1.54, 1.807) is 6.07 Å². The van der Waals surface area contributed by atoms with Crippen LogP contribution in [0.15, 0.2) is 162 Å². The van der Waals surface area contributed by atoms with Gasteiger partial charge in [0.05, 0.1) is 17.8 Å². The van der Waals surface area contributed by atoms with Gasteiger partial charge in [0.2, 0.25) is 0 Å². The topological polar surface area (TPSA) is 13.1 Å². The summed E-state index contributed by atoms with van der Waals surface area (Å²) in [6.07, 6.45) is 0. The van der Waals surface area contributed by atoms with Gasteiger partial charge in [0.1, 0.15) is 11.2 Å². The maximum Gasteiger partial charge on any atom is 0.135 e. The smallest absolute Gasteiger partial charge is 0.135 e. The van der Waals surface area contributed by atoms with E-state index in [1.165, 1.54) is 0 Å². The minimum Gasteiger partial charge on any atom is -0.456 e. The highest BCUT2D eigenvalue weighted by Gasteiger charge is 2.18. The van der Waals surface area contributed by atoms with Gasteiger partial charge < -0.3 is 4.42 Å². The van der Waals surface area contributed by atoms with E-state index in [2.05, 4.69) is 0 Å². The second-order valence-corrected chi connectivity index (χ2v) is 10.3. The summed E-state index contributed by atoms with van der Waals surface area (Å²) in [7, 11) is 0. The summed E-state index contributed by atoms with van der Waals surface area (Å²) in [4.78, 5) is 0. The molecule has 0 aliphatic heterocycles. The Labute approximate surface area is 267 Å². The van der Waals surface area contributed by atoms with E-state index in [-0.39, 0.29) is 32.7 Å². The first-order valence-corrected chi connectivity index (χ1v) is 13.7. The van der Waals surface area contributed by atoms with Gasteiger partial charge in [0, 0.05) is 10.8 Å². The first-order chi connectivity index (χ1) is 26.7. The minimum atomic E-state index is -0.713. The van der Waals surface area contributed by atoms with E-state index < -0.39 is 84.1 Å². The first kappa shape index (κ1) is 14.5. The molecule has 1 nitrogen and oxygen atoms in total. The molecule has 0 fully saturated rings. The average molecular weight is 560 g/mol. The molecule has 0 N–H and O–H groups in total. The number of fused-ring (bicyclic) bond motifs is 6. The highest BCUT2D eigenvalue weighted by atomic mass is 16.3. The summed E-state index contributed by atoms with van der Waals surface area (Å²) >= 11 is 0. The zero-order valence-corrected chi connectivity index (χ0v) is 22.4. The lowest BCUT2D eigenvalue weighted by Gasteiger charge is -2.19. The number of rotatable bonds is 3. The van der Waals surface area contributed by atoms with Crippen LogP contribution in [0.1, 0.15) is 17.8 Å². The van der Waals surface area contributed by atoms with Crippen LogP contribution in [0.2, 0.25) is 0 Å². The molecule has 1 heterocycles. The quantitative estimate of drug-likeness (QED) is 0.196. The number of hydrogen-bond donors (Lipinski definition) is 0. The molecule has 0 unspecified atom stereocenters. The maximum atomic E-state index is 9.34. The van der Waals surface area contributed by atoms with Gasteiger partial charge in [-0.3, -0.25) is 0 Å². The van der Waals surface area contributed by atoms with Gasteiger partial charge in [-0.15, -0.1) is 0 Å². The molecule has 9 rings (SSSR count). The molecule has 9 aromatic rings. The Balaban J connectivity index is 1.53. The molecular weight excluding hydrogens is 520 g/mol. The third kappa shape index (κ3) is 3.72. The Morgan fingerprint density at radius 2 is 0.977 bits per heavy atom. The molecule has 0 saturated carbocycles. The van der Waals surface area contributed by atoms with Crippen molar-refractivity contribution in [2.75, 3.05) is 0 Å². The van der Waals surface area contributed by atoms with E-state index in [1.807, 2.05) is 72.8 Å². The monoisotopic (exact) mass is 559 g/mol. The van der Waals surface area contributed by atoms with Crippen molar-refractivity contribution in [3.05, 3.63) is 157 Å². The van der Waals surface area contributed by atoms with Crippen molar-refractivity contribution in [3.8, 4) is 33.4 Å². The second kappa shape index (κ2) is 9.44. The van der Waals surface area contributed by atoms with Gasteiger partial charge in [0.15, 0.2) is 0 Å². The second-order valence-electron chi connectivity index (χ2n) is 10.3. The Morgan fingerprint density at radius 3 is 1.70 bits per heavy atom. The Hall–Kier alpha value is -5.66. The SMILES string of the molecule is [2H]c1c([2H])c([2H])c(-c2c3c([2H])c([2H])c([2H])c([2H])c3c(-c3cc(-c4ccc5oc6ccccc6c5c4)c4ccccc4c3)c3c([2H])c([2H])c([2H])c([2H])c23)c([2H])c1[2H]. The lowest BCUT2D eigenvalue weighted by molar-refractivity contribution is 0.669. The predicted octanol–water partition coefficient (Wildman–Crippen LogP) is 12.0. The van der Waals surface area contributed by atoms with Crippen LogP contribution in [0, 0.1) is 0 Å². The van der Waals surface area contributed by atoms with Crippen LogP contribution >= 0.6 is 0 Å². The molecular formula is C42H26O. The van der Waals surface area contributed by atoms with Gasteiger partial charge in [-0.05, 0) is 96.0 Å². The largest absolute Gasteiger partial charge is 0.456 e. The lowest BCUT2D eigenvalue weighted by Crippen LogP contribution is -1.92. The summed E-state index contributed by atoms with van der Waals surface area (Å²) < 4.78 is 121. The molecule has 0 aliphatic rings. The fraction of sp³-hybridized carbons (Fsp3) is 0. The number of furan rings is 1. The van der Waals surface area contributed by atoms with Gasteiger partial charge in [0.25, 0.3) is 0 Å². The molecule has 200 valence electrons. The van der Waals surface area contributed by atoms with Crippen LogP contribution in [0.3, 0.4) is 0 Å². The number of benzene rings is 8. The van der Waals surface area contributed by atoms with Crippen molar-refractivity contribution in [2.24, 2.45) is 0 Å². The van der Waals surface area contributed by atoms with Gasteiger partial charge in [-0.25, -0.2) is 0 Å². The summed E-state index contributed by atoms with van der Waals surface area (Å²) in [5, 5.41) is 2.60. The molecule has 1 heteroatoms. The third-order valence-corrected chi connectivity index (χ3v) is 7.96. The summed E-state index contributed by atoms with van der Waals surface area (Å²) in [6.45, 7) is 0. The normalized spacial score (nSPS) is 16.0. The lowest BCUT2D eigenvalue weighted by atomic mass is 9.84. The average Bonchev–Trinajstić information content (AvgIpc) is 3.59. The van der Waals surface area contributed by atoms with E-state index in [4.69, 9.17) is 16.8 Å². The molecule has 43 heavy (non-hydrogen) atoms. The van der Waals surface area contributed by atoms with Crippen LogP contribution in [-0.2, 0) is 0 Å². The fourth-order valence-electron chi connectivity index (χ4n) is 6.13. The van der Waals surface area contributed by atoms with Gasteiger partial charge >= 0.3 is 0 Å². The summed E-state index contributed by atoms with van der Waals surface area (Å²) in [5.74, 6) is 0. The third-order valence-electron chi connectivity index (χ3n) is 7.96. The zero-order chi connectivity index (χ0) is 39.6. The van der Waals surface area contributed by atoms with E-state index in [9.17, 15) is 5.48 Å². The summed E-state index contributed by atoms with van der Waals surface area (Å²) in [5.41, 5.74) is 2.60. The Kier molecular flexibility index (Phi) is 3.18. The number of para-hydroxylation sites is 1. The number of hydrogen-bond acceptors (Lipinski definition) is 1. The molecule has 0 bridgehead atoms. The summed E-state index contributed by atoms with van der Waals surface area (Å²) in [6, 6.07) is 16.3. The molecule has 0 spiro atoms. The predicted molar refractivity (Wildman–Crippen MR) is 183 cm³/mol. The van der Waals surface area contributed by atoms with Crippen molar-refractivity contribution in [1.29, 1.82) is 0 Å². The van der Waals surface area contributed by atoms with Crippen molar-refractivity contribution < 1.29 is 22.2 Å². The molecule has 0 aliphatic carbocycles. The Morgan fingerprint density at radius 1 is 0.395 bits per heavy atom.